The topological polar surface area (TPSA) is 62.9 Å². The molecule has 0 saturated heterocycles. The van der Waals surface area contributed by atoms with Crippen LogP contribution in [-0.2, 0) is 6.42 Å². The zero-order chi connectivity index (χ0) is 13.5. The molecule has 0 bridgehead atoms. The van der Waals surface area contributed by atoms with Gasteiger partial charge in [0.1, 0.15) is 0 Å². The molecule has 0 aromatic heterocycles. The maximum atomic E-state index is 5.54. The number of benzene rings is 1. The summed E-state index contributed by atoms with van der Waals surface area (Å²) in [6, 6.07) is 1.90. The smallest absolute Gasteiger partial charge is 0.207 e. The molecule has 0 fully saturated rings. The van der Waals surface area contributed by atoms with Crippen LogP contribution in [0, 0.1) is 0 Å². The summed E-state index contributed by atoms with van der Waals surface area (Å²) in [4.78, 5) is 0. The van der Waals surface area contributed by atoms with Crippen molar-refractivity contribution in [2.45, 2.75) is 12.8 Å². The Morgan fingerprint density at radius 1 is 0.889 bits per heavy atom. The lowest BCUT2D eigenvalue weighted by atomic mass is 10.1. The number of rotatable bonds is 7. The van der Waals surface area contributed by atoms with Crippen LogP contribution in [0.15, 0.2) is 6.07 Å². The van der Waals surface area contributed by atoms with E-state index in [-0.39, 0.29) is 0 Å². The van der Waals surface area contributed by atoms with Crippen molar-refractivity contribution in [3.63, 3.8) is 0 Å². The van der Waals surface area contributed by atoms with Gasteiger partial charge >= 0.3 is 0 Å². The average molecular weight is 255 g/mol. The minimum atomic E-state index is 0.536. The van der Waals surface area contributed by atoms with Gasteiger partial charge in [0, 0.05) is 5.56 Å². The summed E-state index contributed by atoms with van der Waals surface area (Å²) in [5, 5.41) is 0. The van der Waals surface area contributed by atoms with Crippen LogP contribution in [0.1, 0.15) is 12.0 Å². The molecule has 0 amide bonds. The highest BCUT2D eigenvalue weighted by atomic mass is 16.5. The van der Waals surface area contributed by atoms with E-state index >= 15 is 0 Å². The van der Waals surface area contributed by atoms with Crippen LogP contribution in [0.5, 0.6) is 23.0 Å². The summed E-state index contributed by atoms with van der Waals surface area (Å²) in [6.45, 7) is 0.625. The Morgan fingerprint density at radius 2 is 1.50 bits per heavy atom. The van der Waals surface area contributed by atoms with Crippen LogP contribution >= 0.6 is 0 Å². The van der Waals surface area contributed by atoms with Crippen LogP contribution < -0.4 is 24.7 Å². The summed E-state index contributed by atoms with van der Waals surface area (Å²) < 4.78 is 21.4. The zero-order valence-electron chi connectivity index (χ0n) is 11.4. The van der Waals surface area contributed by atoms with Gasteiger partial charge in [0.2, 0.25) is 11.5 Å². The van der Waals surface area contributed by atoms with Crippen LogP contribution in [0.4, 0.5) is 0 Å². The number of nitrogens with two attached hydrogens (primary N) is 1. The van der Waals surface area contributed by atoms with Crippen molar-refractivity contribution in [2.24, 2.45) is 5.73 Å². The number of hydrogen-bond acceptors (Lipinski definition) is 5. The van der Waals surface area contributed by atoms with Crippen molar-refractivity contribution in [3.05, 3.63) is 11.6 Å². The van der Waals surface area contributed by atoms with Gasteiger partial charge in [0.25, 0.3) is 0 Å². The largest absolute Gasteiger partial charge is 0.493 e. The van der Waals surface area contributed by atoms with Crippen molar-refractivity contribution in [2.75, 3.05) is 35.0 Å². The lowest BCUT2D eigenvalue weighted by molar-refractivity contribution is 0.303. The third kappa shape index (κ3) is 2.79. The summed E-state index contributed by atoms with van der Waals surface area (Å²) in [6.07, 6.45) is 1.67. The van der Waals surface area contributed by atoms with E-state index in [9.17, 15) is 0 Å². The van der Waals surface area contributed by atoms with Crippen molar-refractivity contribution >= 4 is 0 Å². The molecule has 1 rings (SSSR count). The molecule has 102 valence electrons. The monoisotopic (exact) mass is 255 g/mol. The van der Waals surface area contributed by atoms with Crippen molar-refractivity contribution < 1.29 is 18.9 Å². The summed E-state index contributed by atoms with van der Waals surface area (Å²) in [5.74, 6) is 2.38. The van der Waals surface area contributed by atoms with Gasteiger partial charge in [-0.3, -0.25) is 0 Å². The second-order valence-electron chi connectivity index (χ2n) is 3.73. The van der Waals surface area contributed by atoms with Crippen LogP contribution in [0.2, 0.25) is 0 Å². The Morgan fingerprint density at radius 3 is 1.94 bits per heavy atom. The van der Waals surface area contributed by atoms with E-state index < -0.39 is 0 Å². The van der Waals surface area contributed by atoms with E-state index in [1.54, 1.807) is 28.4 Å². The quantitative estimate of drug-likeness (QED) is 0.802. The molecule has 0 heterocycles. The first-order valence-corrected chi connectivity index (χ1v) is 5.79. The molecule has 0 radical (unpaired) electrons. The summed E-state index contributed by atoms with van der Waals surface area (Å²) in [7, 11) is 6.35. The summed E-state index contributed by atoms with van der Waals surface area (Å²) >= 11 is 0. The van der Waals surface area contributed by atoms with Gasteiger partial charge in [-0.05, 0) is 25.5 Å². The lowest BCUT2D eigenvalue weighted by Gasteiger charge is -2.18. The fourth-order valence-electron chi connectivity index (χ4n) is 1.88. The highest BCUT2D eigenvalue weighted by molar-refractivity contribution is 5.62. The first-order valence-electron chi connectivity index (χ1n) is 5.79. The first kappa shape index (κ1) is 14.4. The van der Waals surface area contributed by atoms with E-state index in [4.69, 9.17) is 24.7 Å². The third-order valence-corrected chi connectivity index (χ3v) is 2.72. The molecular formula is C13H21NO4. The first-order chi connectivity index (χ1) is 8.73. The SMILES string of the molecule is COc1cc(CCCN)c(OC)c(OC)c1OC. The van der Waals surface area contributed by atoms with Gasteiger partial charge in [0.15, 0.2) is 11.5 Å². The predicted molar refractivity (Wildman–Crippen MR) is 70.0 cm³/mol. The van der Waals surface area contributed by atoms with E-state index in [1.807, 2.05) is 6.07 Å². The number of methoxy groups -OCH3 is 4. The van der Waals surface area contributed by atoms with Crippen molar-refractivity contribution in [1.82, 2.24) is 0 Å². The van der Waals surface area contributed by atoms with Gasteiger partial charge in [-0.1, -0.05) is 0 Å². The minimum Gasteiger partial charge on any atom is -0.493 e. The van der Waals surface area contributed by atoms with Crippen LogP contribution in [0.25, 0.3) is 0 Å². The van der Waals surface area contributed by atoms with Gasteiger partial charge in [-0.15, -0.1) is 0 Å². The van der Waals surface area contributed by atoms with Gasteiger partial charge in [0.05, 0.1) is 28.4 Å². The predicted octanol–water partition coefficient (Wildman–Crippen LogP) is 1.61. The number of ether oxygens (including phenoxy) is 4. The molecule has 0 saturated carbocycles. The fraction of sp³-hybridized carbons (Fsp3) is 0.538. The molecule has 1 aromatic carbocycles. The molecule has 0 aliphatic rings. The Hall–Kier alpha value is -1.62. The van der Waals surface area contributed by atoms with E-state index in [2.05, 4.69) is 0 Å². The molecule has 2 N–H and O–H groups in total. The number of aryl methyl sites for hydroxylation is 1. The normalized spacial score (nSPS) is 10.1. The maximum Gasteiger partial charge on any atom is 0.207 e. The van der Waals surface area contributed by atoms with Gasteiger partial charge in [-0.25, -0.2) is 0 Å². The molecule has 18 heavy (non-hydrogen) atoms. The molecule has 5 nitrogen and oxygen atoms in total. The Balaban J connectivity index is 3.33. The highest BCUT2D eigenvalue weighted by Crippen LogP contribution is 2.46. The number of hydrogen-bond donors (Lipinski definition) is 1. The third-order valence-electron chi connectivity index (χ3n) is 2.72. The molecule has 0 aliphatic carbocycles. The standard InChI is InChI=1S/C13H21NO4/c1-15-10-8-9(6-5-7-14)11(16-2)13(18-4)12(10)17-3/h8H,5-7,14H2,1-4H3. The Labute approximate surface area is 108 Å². The van der Waals surface area contributed by atoms with Crippen LogP contribution in [0.3, 0.4) is 0 Å². The summed E-state index contributed by atoms with van der Waals surface area (Å²) in [5.41, 5.74) is 6.53. The second kappa shape index (κ2) is 6.96. The molecule has 5 heteroatoms. The molecule has 0 atom stereocenters. The Kier molecular flexibility index (Phi) is 5.58. The van der Waals surface area contributed by atoms with Gasteiger partial charge < -0.3 is 24.7 Å². The molecule has 0 aliphatic heterocycles. The average Bonchev–Trinajstić information content (AvgIpc) is 2.42. The molecule has 0 unspecified atom stereocenters. The van der Waals surface area contributed by atoms with E-state index in [1.165, 1.54) is 0 Å². The maximum absolute atomic E-state index is 5.54. The van der Waals surface area contributed by atoms with Gasteiger partial charge in [-0.2, -0.15) is 0 Å². The lowest BCUT2D eigenvalue weighted by Crippen LogP contribution is -2.04. The molecular weight excluding hydrogens is 234 g/mol. The van der Waals surface area contributed by atoms with Crippen molar-refractivity contribution in [1.29, 1.82) is 0 Å². The highest BCUT2D eigenvalue weighted by Gasteiger charge is 2.20. The minimum absolute atomic E-state index is 0.536. The fourth-order valence-corrected chi connectivity index (χ4v) is 1.88. The molecule has 0 spiro atoms. The Bertz CT molecular complexity index is 393. The second-order valence-corrected chi connectivity index (χ2v) is 3.73. The van der Waals surface area contributed by atoms with E-state index in [0.29, 0.717) is 29.5 Å². The van der Waals surface area contributed by atoms with E-state index in [0.717, 1.165) is 18.4 Å². The van der Waals surface area contributed by atoms with Crippen LogP contribution in [-0.4, -0.2) is 35.0 Å². The van der Waals surface area contributed by atoms with Crippen molar-refractivity contribution in [3.8, 4) is 23.0 Å². The zero-order valence-corrected chi connectivity index (χ0v) is 11.4. The molecule has 1 aromatic rings.